The minimum absolute atomic E-state index is 0.239. The number of alkyl halides is 30. The first-order chi connectivity index (χ1) is 27.7. The van der Waals surface area contributed by atoms with Crippen molar-refractivity contribution in [2.45, 2.75) is 103 Å². The van der Waals surface area contributed by atoms with Crippen LogP contribution in [0.3, 0.4) is 0 Å². The van der Waals surface area contributed by atoms with Gasteiger partial charge in [-0.3, -0.25) is 19.2 Å². The van der Waals surface area contributed by atoms with Crippen LogP contribution in [0.1, 0.15) is 19.3 Å². The lowest BCUT2D eigenvalue weighted by Crippen LogP contribution is -2.74. The van der Waals surface area contributed by atoms with Crippen LogP contribution < -0.4 is 27.4 Å². The van der Waals surface area contributed by atoms with Gasteiger partial charge in [0.1, 0.15) is 0 Å². The molecular weight excluding hydrogens is 1000 g/mol. The molecule has 0 atom stereocenters. The lowest BCUT2D eigenvalue weighted by atomic mass is 9.91. The van der Waals surface area contributed by atoms with E-state index in [0.29, 0.717) is 17.1 Å². The van der Waals surface area contributed by atoms with E-state index in [1.54, 1.807) is 0 Å². The highest BCUT2D eigenvalue weighted by molar-refractivity contribution is 5.85. The molecule has 0 aliphatic carbocycles. The van der Waals surface area contributed by atoms with Gasteiger partial charge in [0.15, 0.2) is 0 Å². The molecule has 4 amide bonds. The van der Waals surface area contributed by atoms with Crippen molar-refractivity contribution in [1.82, 2.24) is 16.0 Å². The van der Waals surface area contributed by atoms with Crippen molar-refractivity contribution in [3.05, 3.63) is 0 Å². The van der Waals surface area contributed by atoms with Crippen LogP contribution in [-0.4, -0.2) is 133 Å². The molecule has 64 heavy (non-hydrogen) atoms. The molecule has 0 radical (unpaired) electrons. The van der Waals surface area contributed by atoms with Gasteiger partial charge in [-0.1, -0.05) is 0 Å². The molecule has 0 saturated heterocycles. The summed E-state index contributed by atoms with van der Waals surface area (Å²) in [5, 5.41) is 2.24. The van der Waals surface area contributed by atoms with Crippen LogP contribution >= 0.6 is 0 Å². The monoisotopic (exact) mass is 1030 g/mol. The van der Waals surface area contributed by atoms with E-state index in [1.165, 1.54) is 5.32 Å². The summed E-state index contributed by atoms with van der Waals surface area (Å²) >= 11 is 0. The van der Waals surface area contributed by atoms with Gasteiger partial charge in [0.25, 0.3) is 11.8 Å². The highest BCUT2D eigenvalue weighted by Gasteiger charge is 2.95. The average molecular weight is 1030 g/mol. The van der Waals surface area contributed by atoms with Gasteiger partial charge in [-0.2, -0.15) is 132 Å². The third-order valence-corrected chi connectivity index (χ3v) is 7.25. The predicted octanol–water partition coefficient (Wildman–Crippen LogP) is 6.68. The van der Waals surface area contributed by atoms with Crippen LogP contribution in [0.15, 0.2) is 0 Å². The maximum absolute atomic E-state index is 13.7. The Kier molecular flexibility index (Phi) is 18.3. The predicted molar refractivity (Wildman–Crippen MR) is 143 cm³/mol. The summed E-state index contributed by atoms with van der Waals surface area (Å²) in [6.07, 6.45) is -14.9. The van der Waals surface area contributed by atoms with E-state index >= 15 is 0 Å². The van der Waals surface area contributed by atoms with E-state index in [2.05, 4.69) is 0 Å². The maximum atomic E-state index is 13.7. The number of rotatable bonds is 22. The zero-order valence-electron chi connectivity index (χ0n) is 29.6. The standard InChI is InChI=1S/C20H11F30N3O2.C5H10N2O2/c21-7(22,9(25,26)11(29,30)13(33,34)15(37,38)17(41,42)19(45,46)47)5(54)52-3-1-51-2-4-53-6(55)8(23,24)10(27,28)12(31,32)14(35,36)16(39,40)18(43,44)20(48,49)50;6-4(8)2-1-3-5(7)9/h51H,1-4H2,(H,52,54)(H,53,55);1-3H2,(H2,6,8)(H2,7,9). The van der Waals surface area contributed by atoms with Crippen LogP contribution in [0, 0.1) is 0 Å². The summed E-state index contributed by atoms with van der Waals surface area (Å²) in [6.45, 7) is -6.44. The van der Waals surface area contributed by atoms with Crippen molar-refractivity contribution in [3.63, 3.8) is 0 Å². The third-order valence-electron chi connectivity index (χ3n) is 7.25. The number of carbonyl (C=O) groups is 4. The molecule has 0 spiro atoms. The summed E-state index contributed by atoms with van der Waals surface area (Å²) in [7, 11) is 0. The topological polar surface area (TPSA) is 156 Å². The number of amides is 4. The van der Waals surface area contributed by atoms with Crippen molar-refractivity contribution in [2.75, 3.05) is 26.2 Å². The lowest BCUT2D eigenvalue weighted by molar-refractivity contribution is -0.449. The van der Waals surface area contributed by atoms with Crippen molar-refractivity contribution in [3.8, 4) is 0 Å². The highest BCUT2D eigenvalue weighted by Crippen LogP contribution is 2.64. The van der Waals surface area contributed by atoms with Gasteiger partial charge in [-0.05, 0) is 6.42 Å². The zero-order valence-corrected chi connectivity index (χ0v) is 29.6. The first kappa shape index (κ1) is 61.8. The van der Waals surface area contributed by atoms with Crippen molar-refractivity contribution < 1.29 is 151 Å². The fourth-order valence-electron chi connectivity index (χ4n) is 3.53. The summed E-state index contributed by atoms with van der Waals surface area (Å²) in [5.74, 6) is -109. The van der Waals surface area contributed by atoms with Crippen molar-refractivity contribution >= 4 is 23.6 Å². The molecule has 0 fully saturated rings. The molecule has 0 aromatic heterocycles. The maximum Gasteiger partial charge on any atom is 0.460 e. The van der Waals surface area contributed by atoms with Crippen molar-refractivity contribution in [2.24, 2.45) is 11.5 Å². The normalized spacial score (nSPS) is 15.0. The molecule has 0 rings (SSSR count). The van der Waals surface area contributed by atoms with Gasteiger partial charge in [-0.15, -0.1) is 0 Å². The smallest absolute Gasteiger partial charge is 0.370 e. The fourth-order valence-corrected chi connectivity index (χ4v) is 3.53. The largest absolute Gasteiger partial charge is 0.460 e. The fraction of sp³-hybridized carbons (Fsp3) is 0.840. The second kappa shape index (κ2) is 18.9. The Morgan fingerprint density at radius 3 is 0.719 bits per heavy atom. The molecule has 0 bridgehead atoms. The van der Waals surface area contributed by atoms with E-state index in [9.17, 15) is 151 Å². The Bertz CT molecular complexity index is 1530. The number of hydrogen-bond donors (Lipinski definition) is 5. The van der Waals surface area contributed by atoms with Gasteiger partial charge in [-0.25, -0.2) is 0 Å². The number of nitrogens with one attached hydrogen (secondary N) is 3. The van der Waals surface area contributed by atoms with Gasteiger partial charge in [0, 0.05) is 39.0 Å². The summed E-state index contributed by atoms with van der Waals surface area (Å²) in [4.78, 5) is 42.6. The Morgan fingerprint density at radius 2 is 0.516 bits per heavy atom. The zero-order chi connectivity index (χ0) is 52.4. The van der Waals surface area contributed by atoms with E-state index in [4.69, 9.17) is 11.5 Å². The summed E-state index contributed by atoms with van der Waals surface area (Å²) < 4.78 is 394. The van der Waals surface area contributed by atoms with Crippen LogP contribution in [0.4, 0.5) is 132 Å². The lowest BCUT2D eigenvalue weighted by Gasteiger charge is -2.41. The van der Waals surface area contributed by atoms with Gasteiger partial charge in [0.2, 0.25) is 11.8 Å². The van der Waals surface area contributed by atoms with E-state index < -0.39 is 133 Å². The van der Waals surface area contributed by atoms with Crippen molar-refractivity contribution in [1.29, 1.82) is 0 Å². The molecule has 39 heteroatoms. The van der Waals surface area contributed by atoms with Gasteiger partial charge in [0.05, 0.1) is 0 Å². The second-order valence-corrected chi connectivity index (χ2v) is 11.9. The molecule has 9 nitrogen and oxygen atoms in total. The first-order valence-electron chi connectivity index (χ1n) is 15.2. The highest BCUT2D eigenvalue weighted by atomic mass is 19.4. The van der Waals surface area contributed by atoms with E-state index in [1.807, 2.05) is 0 Å². The Labute approximate surface area is 331 Å². The van der Waals surface area contributed by atoms with Crippen LogP contribution in [0.5, 0.6) is 0 Å². The third kappa shape index (κ3) is 10.7. The molecule has 7 N–H and O–H groups in total. The molecular formula is C25H21F30N5O4. The van der Waals surface area contributed by atoms with E-state index in [0.717, 1.165) is 0 Å². The Morgan fingerprint density at radius 1 is 0.312 bits per heavy atom. The van der Waals surface area contributed by atoms with E-state index in [-0.39, 0.29) is 12.8 Å². The average Bonchev–Trinajstić information content (AvgIpc) is 3.08. The second-order valence-electron chi connectivity index (χ2n) is 11.9. The SMILES string of the molecule is NC(=O)CCCC(N)=O.O=C(NCCNCCNC(=O)C(F)(F)C(F)(F)C(F)(F)C(F)(F)C(F)(F)C(F)(F)C(F)(F)F)C(F)(F)C(F)(F)C(F)(F)C(F)(F)C(F)(F)C(F)(F)C(F)(F)F. The Balaban J connectivity index is 0. The minimum Gasteiger partial charge on any atom is -0.370 e. The van der Waals surface area contributed by atoms with Crippen LogP contribution in [-0.2, 0) is 19.2 Å². The summed E-state index contributed by atoms with van der Waals surface area (Å²) in [6, 6.07) is 0. The molecule has 0 heterocycles. The van der Waals surface area contributed by atoms with Gasteiger partial charge < -0.3 is 27.4 Å². The number of hydrogen-bond acceptors (Lipinski definition) is 5. The quantitative estimate of drug-likeness (QED) is 0.0605. The number of primary amides is 2. The van der Waals surface area contributed by atoms with Crippen LogP contribution in [0.25, 0.3) is 0 Å². The first-order valence-corrected chi connectivity index (χ1v) is 15.2. The summed E-state index contributed by atoms with van der Waals surface area (Å²) in [5.41, 5.74) is 9.58. The molecule has 0 aromatic carbocycles. The molecule has 0 aliphatic rings. The number of carbonyl (C=O) groups excluding carboxylic acids is 4. The molecule has 0 aliphatic heterocycles. The molecule has 380 valence electrons. The van der Waals surface area contributed by atoms with Crippen LogP contribution in [0.2, 0.25) is 0 Å². The molecule has 0 saturated carbocycles. The van der Waals surface area contributed by atoms with Gasteiger partial charge >= 0.3 is 83.4 Å². The minimum atomic E-state index is -8.76. The molecule has 0 unspecified atom stereocenters. The molecule has 0 aromatic rings. The Hall–Kier alpha value is -4.26. The number of halogens is 30. The number of nitrogens with two attached hydrogens (primary N) is 2.